The van der Waals surface area contributed by atoms with Crippen LogP contribution in [0.5, 0.6) is 5.75 Å². The molecular formula is C25H29N3O2. The lowest BCUT2D eigenvalue weighted by atomic mass is 10.0. The Morgan fingerprint density at radius 1 is 1.03 bits per heavy atom. The second-order valence-electron chi connectivity index (χ2n) is 7.17. The molecule has 2 aromatic heterocycles. The van der Waals surface area contributed by atoms with Gasteiger partial charge < -0.3 is 4.74 Å². The van der Waals surface area contributed by atoms with E-state index in [2.05, 4.69) is 18.9 Å². The third-order valence-electron chi connectivity index (χ3n) is 5.00. The first-order valence-corrected chi connectivity index (χ1v) is 10.3. The van der Waals surface area contributed by atoms with Crippen LogP contribution in [-0.4, -0.2) is 21.5 Å². The first kappa shape index (κ1) is 21.4. The van der Waals surface area contributed by atoms with Gasteiger partial charge >= 0.3 is 0 Å². The SMILES string of the molecule is CC.COc1ccccc1-n1c(C)cc2cccc(-c3cnn(C(C)C)c3)c2c1=O. The highest BCUT2D eigenvalue weighted by atomic mass is 16.5. The zero-order valence-corrected chi connectivity index (χ0v) is 18.5. The Balaban J connectivity index is 0.00000124. The van der Waals surface area contributed by atoms with Crippen LogP contribution >= 0.6 is 0 Å². The van der Waals surface area contributed by atoms with Crippen LogP contribution in [0.1, 0.15) is 39.4 Å². The number of hydrogen-bond acceptors (Lipinski definition) is 3. The smallest absolute Gasteiger partial charge is 0.263 e. The predicted molar refractivity (Wildman–Crippen MR) is 124 cm³/mol. The van der Waals surface area contributed by atoms with Gasteiger partial charge in [-0.15, -0.1) is 0 Å². The van der Waals surface area contributed by atoms with Crippen molar-refractivity contribution in [3.8, 4) is 22.6 Å². The standard InChI is InChI=1S/C23H23N3O2.C2H6/c1-15(2)25-14-18(13-24-25)19-9-7-8-17-12-16(3)26(23(27)22(17)19)20-10-5-6-11-21(20)28-4;1-2/h5-15H,1-4H3;1-2H3. The fourth-order valence-electron chi connectivity index (χ4n) is 3.60. The van der Waals surface area contributed by atoms with Crippen LogP contribution in [0.4, 0.5) is 0 Å². The molecule has 156 valence electrons. The maximum absolute atomic E-state index is 13.6. The van der Waals surface area contributed by atoms with E-state index in [0.717, 1.165) is 27.9 Å². The van der Waals surface area contributed by atoms with Crippen molar-refractivity contribution in [1.82, 2.24) is 14.3 Å². The minimum atomic E-state index is -0.0626. The largest absolute Gasteiger partial charge is 0.495 e. The van der Waals surface area contributed by atoms with Crippen molar-refractivity contribution < 1.29 is 4.74 Å². The maximum atomic E-state index is 13.6. The Hall–Kier alpha value is -3.34. The number of para-hydroxylation sites is 2. The number of methoxy groups -OCH3 is 1. The average Bonchev–Trinajstić information content (AvgIpc) is 3.25. The zero-order chi connectivity index (χ0) is 21.8. The van der Waals surface area contributed by atoms with Gasteiger partial charge in [-0.2, -0.15) is 5.10 Å². The highest BCUT2D eigenvalue weighted by Crippen LogP contribution is 2.29. The number of aromatic nitrogens is 3. The van der Waals surface area contributed by atoms with E-state index in [1.165, 1.54) is 0 Å². The molecule has 0 spiro atoms. The lowest BCUT2D eigenvalue weighted by molar-refractivity contribution is 0.412. The second kappa shape index (κ2) is 8.99. The molecule has 0 N–H and O–H groups in total. The van der Waals surface area contributed by atoms with E-state index in [1.807, 2.05) is 86.4 Å². The number of hydrogen-bond donors (Lipinski definition) is 0. The summed E-state index contributed by atoms with van der Waals surface area (Å²) >= 11 is 0. The molecule has 30 heavy (non-hydrogen) atoms. The Labute approximate surface area is 177 Å². The molecule has 0 saturated carbocycles. The van der Waals surface area contributed by atoms with Crippen molar-refractivity contribution in [1.29, 1.82) is 0 Å². The summed E-state index contributed by atoms with van der Waals surface area (Å²) in [7, 11) is 1.62. The van der Waals surface area contributed by atoms with Crippen LogP contribution in [0.3, 0.4) is 0 Å². The quantitative estimate of drug-likeness (QED) is 0.434. The number of fused-ring (bicyclic) bond motifs is 1. The number of pyridine rings is 1. The molecule has 0 aliphatic rings. The summed E-state index contributed by atoms with van der Waals surface area (Å²) < 4.78 is 9.12. The van der Waals surface area contributed by atoms with E-state index < -0.39 is 0 Å². The van der Waals surface area contributed by atoms with E-state index >= 15 is 0 Å². The van der Waals surface area contributed by atoms with Crippen molar-refractivity contribution >= 4 is 10.8 Å². The monoisotopic (exact) mass is 403 g/mol. The van der Waals surface area contributed by atoms with Gasteiger partial charge in [0.05, 0.1) is 24.4 Å². The Bertz CT molecular complexity index is 1220. The van der Waals surface area contributed by atoms with Crippen molar-refractivity contribution in [3.63, 3.8) is 0 Å². The second-order valence-corrected chi connectivity index (χ2v) is 7.17. The summed E-state index contributed by atoms with van der Waals surface area (Å²) in [6.07, 6.45) is 3.81. The molecule has 4 rings (SSSR count). The molecule has 0 radical (unpaired) electrons. The summed E-state index contributed by atoms with van der Waals surface area (Å²) in [5.41, 5.74) is 3.36. The number of rotatable bonds is 4. The van der Waals surface area contributed by atoms with E-state index in [1.54, 1.807) is 11.7 Å². The predicted octanol–water partition coefficient (Wildman–Crippen LogP) is 5.78. The minimum absolute atomic E-state index is 0.0626. The first-order chi connectivity index (χ1) is 14.5. The molecule has 0 bridgehead atoms. The average molecular weight is 404 g/mol. The lowest BCUT2D eigenvalue weighted by Gasteiger charge is -2.16. The van der Waals surface area contributed by atoms with Crippen molar-refractivity contribution in [2.45, 2.75) is 40.7 Å². The van der Waals surface area contributed by atoms with Crippen LogP contribution < -0.4 is 10.3 Å². The summed E-state index contributed by atoms with van der Waals surface area (Å²) in [6.45, 7) is 10.1. The summed E-state index contributed by atoms with van der Waals surface area (Å²) in [4.78, 5) is 13.6. The molecule has 5 nitrogen and oxygen atoms in total. The minimum Gasteiger partial charge on any atom is -0.495 e. The van der Waals surface area contributed by atoms with Crippen molar-refractivity contribution in [2.75, 3.05) is 7.11 Å². The van der Waals surface area contributed by atoms with Crippen LogP contribution in [0.15, 0.2) is 65.7 Å². The molecule has 0 fully saturated rings. The van der Waals surface area contributed by atoms with E-state index in [4.69, 9.17) is 4.74 Å². The highest BCUT2D eigenvalue weighted by molar-refractivity contribution is 5.96. The molecule has 2 aromatic carbocycles. The number of nitrogens with zero attached hydrogens (tertiary/aromatic N) is 3. The van der Waals surface area contributed by atoms with Gasteiger partial charge in [0.15, 0.2) is 0 Å². The third kappa shape index (κ3) is 3.75. The van der Waals surface area contributed by atoms with Gasteiger partial charge in [-0.3, -0.25) is 14.0 Å². The molecule has 2 heterocycles. The topological polar surface area (TPSA) is 49.0 Å². The van der Waals surface area contributed by atoms with E-state index in [9.17, 15) is 4.79 Å². The van der Waals surface area contributed by atoms with E-state index in [-0.39, 0.29) is 11.6 Å². The molecule has 0 unspecified atom stereocenters. The van der Waals surface area contributed by atoms with Crippen LogP contribution in [-0.2, 0) is 0 Å². The van der Waals surface area contributed by atoms with Crippen LogP contribution in [0, 0.1) is 6.92 Å². The van der Waals surface area contributed by atoms with Gasteiger partial charge in [0.25, 0.3) is 5.56 Å². The molecule has 4 aromatic rings. The fraction of sp³-hybridized carbons (Fsp3) is 0.280. The number of aryl methyl sites for hydroxylation is 1. The molecule has 0 aliphatic carbocycles. The summed E-state index contributed by atoms with van der Waals surface area (Å²) in [6, 6.07) is 15.8. The molecule has 5 heteroatoms. The van der Waals surface area contributed by atoms with Gasteiger partial charge in [-0.05, 0) is 49.9 Å². The molecule has 0 amide bonds. The third-order valence-corrected chi connectivity index (χ3v) is 5.00. The van der Waals surface area contributed by atoms with Gasteiger partial charge in [0.1, 0.15) is 5.75 Å². The fourth-order valence-corrected chi connectivity index (χ4v) is 3.60. The highest BCUT2D eigenvalue weighted by Gasteiger charge is 2.16. The van der Waals surface area contributed by atoms with Crippen molar-refractivity contribution in [3.05, 3.63) is 77.0 Å². The normalized spacial score (nSPS) is 10.8. The van der Waals surface area contributed by atoms with Crippen LogP contribution in [0.2, 0.25) is 0 Å². The first-order valence-electron chi connectivity index (χ1n) is 10.3. The van der Waals surface area contributed by atoms with Gasteiger partial charge in [-0.25, -0.2) is 0 Å². The Kier molecular flexibility index (Phi) is 6.40. The summed E-state index contributed by atoms with van der Waals surface area (Å²) in [5, 5.41) is 6.04. The molecular weight excluding hydrogens is 374 g/mol. The Morgan fingerprint density at radius 2 is 1.77 bits per heavy atom. The molecule has 0 atom stereocenters. The molecule has 0 saturated heterocycles. The Morgan fingerprint density at radius 3 is 2.43 bits per heavy atom. The lowest BCUT2D eigenvalue weighted by Crippen LogP contribution is -2.21. The van der Waals surface area contributed by atoms with Gasteiger partial charge in [0.2, 0.25) is 0 Å². The number of benzene rings is 2. The zero-order valence-electron chi connectivity index (χ0n) is 18.5. The number of ether oxygens (including phenoxy) is 1. The van der Waals surface area contributed by atoms with Gasteiger partial charge in [0, 0.05) is 23.5 Å². The van der Waals surface area contributed by atoms with Crippen molar-refractivity contribution in [2.24, 2.45) is 0 Å². The maximum Gasteiger partial charge on any atom is 0.263 e. The van der Waals surface area contributed by atoms with E-state index in [0.29, 0.717) is 11.1 Å². The van der Waals surface area contributed by atoms with Gasteiger partial charge in [-0.1, -0.05) is 44.2 Å². The summed E-state index contributed by atoms with van der Waals surface area (Å²) in [5.74, 6) is 0.664. The molecule has 0 aliphatic heterocycles. The van der Waals surface area contributed by atoms with Crippen LogP contribution in [0.25, 0.3) is 27.6 Å².